The van der Waals surface area contributed by atoms with Crippen molar-refractivity contribution in [2.24, 2.45) is 0 Å². The van der Waals surface area contributed by atoms with Gasteiger partial charge in [-0.2, -0.15) is 0 Å². The molecule has 0 saturated heterocycles. The number of para-hydroxylation sites is 2. The van der Waals surface area contributed by atoms with Crippen LogP contribution in [0.5, 0.6) is 5.75 Å². The normalized spacial score (nSPS) is 16.5. The Hall–Kier alpha value is -2.20. The van der Waals surface area contributed by atoms with Crippen LogP contribution in [-0.4, -0.2) is 18.7 Å². The minimum absolute atomic E-state index is 0.00360. The molecule has 1 aliphatic heterocycles. The van der Waals surface area contributed by atoms with E-state index in [1.807, 2.05) is 43.3 Å². The Morgan fingerprint density at radius 2 is 2.13 bits per heavy atom. The summed E-state index contributed by atoms with van der Waals surface area (Å²) < 4.78 is 5.91. The molecule has 0 saturated carbocycles. The standard InChI is InChI=1S/C18H19ClN2O2/c1-3-14-11-21(16-6-4-5-7-17(16)23-14)18(22)20-15-10-13(19)9-8-12(15)2/h4-10,14H,3,11H2,1-2H3,(H,20,22). The summed E-state index contributed by atoms with van der Waals surface area (Å²) in [7, 11) is 0. The fraction of sp³-hybridized carbons (Fsp3) is 0.278. The molecule has 0 spiro atoms. The molecule has 1 N–H and O–H groups in total. The summed E-state index contributed by atoms with van der Waals surface area (Å²) in [6, 6.07) is 12.9. The Kier molecular flexibility index (Phi) is 4.44. The van der Waals surface area contributed by atoms with Crippen LogP contribution in [-0.2, 0) is 0 Å². The average molecular weight is 331 g/mol. The van der Waals surface area contributed by atoms with Gasteiger partial charge in [-0.1, -0.05) is 36.7 Å². The molecule has 23 heavy (non-hydrogen) atoms. The van der Waals surface area contributed by atoms with E-state index in [-0.39, 0.29) is 12.1 Å². The smallest absolute Gasteiger partial charge is 0.326 e. The number of benzene rings is 2. The first kappa shape index (κ1) is 15.7. The van der Waals surface area contributed by atoms with Crippen molar-refractivity contribution in [3.63, 3.8) is 0 Å². The first-order valence-corrected chi connectivity index (χ1v) is 8.06. The van der Waals surface area contributed by atoms with Gasteiger partial charge >= 0.3 is 6.03 Å². The number of amides is 2. The van der Waals surface area contributed by atoms with Gasteiger partial charge in [0, 0.05) is 10.7 Å². The molecule has 1 atom stereocenters. The maximum absolute atomic E-state index is 12.8. The molecule has 1 unspecified atom stereocenters. The molecule has 0 aliphatic carbocycles. The molecule has 0 fully saturated rings. The molecule has 0 radical (unpaired) electrons. The van der Waals surface area contributed by atoms with E-state index in [4.69, 9.17) is 16.3 Å². The number of halogens is 1. The van der Waals surface area contributed by atoms with Crippen molar-refractivity contribution in [2.75, 3.05) is 16.8 Å². The van der Waals surface area contributed by atoms with Crippen molar-refractivity contribution in [2.45, 2.75) is 26.4 Å². The molecule has 0 bridgehead atoms. The minimum Gasteiger partial charge on any atom is -0.486 e. The van der Waals surface area contributed by atoms with Crippen LogP contribution >= 0.6 is 11.6 Å². The lowest BCUT2D eigenvalue weighted by molar-refractivity contribution is 0.188. The van der Waals surface area contributed by atoms with E-state index in [1.54, 1.807) is 11.0 Å². The zero-order chi connectivity index (χ0) is 16.4. The highest BCUT2D eigenvalue weighted by molar-refractivity contribution is 6.31. The summed E-state index contributed by atoms with van der Waals surface area (Å²) in [5.41, 5.74) is 2.48. The van der Waals surface area contributed by atoms with Crippen LogP contribution in [0.1, 0.15) is 18.9 Å². The lowest BCUT2D eigenvalue weighted by Crippen LogP contribution is -2.45. The number of hydrogen-bond donors (Lipinski definition) is 1. The fourth-order valence-electron chi connectivity index (χ4n) is 2.61. The van der Waals surface area contributed by atoms with Gasteiger partial charge in [0.25, 0.3) is 0 Å². The quantitative estimate of drug-likeness (QED) is 0.854. The van der Waals surface area contributed by atoms with Gasteiger partial charge < -0.3 is 10.1 Å². The molecule has 4 nitrogen and oxygen atoms in total. The van der Waals surface area contributed by atoms with Crippen LogP contribution in [0.2, 0.25) is 5.02 Å². The van der Waals surface area contributed by atoms with Crippen molar-refractivity contribution >= 4 is 29.0 Å². The number of fused-ring (bicyclic) bond motifs is 1. The summed E-state index contributed by atoms with van der Waals surface area (Å²) in [4.78, 5) is 14.5. The monoisotopic (exact) mass is 330 g/mol. The first-order chi connectivity index (χ1) is 11.1. The van der Waals surface area contributed by atoms with Gasteiger partial charge in [0.2, 0.25) is 0 Å². The van der Waals surface area contributed by atoms with E-state index >= 15 is 0 Å². The Labute approximate surface area is 141 Å². The lowest BCUT2D eigenvalue weighted by atomic mass is 10.1. The number of anilines is 2. The summed E-state index contributed by atoms with van der Waals surface area (Å²) >= 11 is 6.03. The van der Waals surface area contributed by atoms with Crippen molar-refractivity contribution in [1.29, 1.82) is 0 Å². The van der Waals surface area contributed by atoms with E-state index in [2.05, 4.69) is 12.2 Å². The van der Waals surface area contributed by atoms with Gasteiger partial charge in [0.15, 0.2) is 0 Å². The van der Waals surface area contributed by atoms with Crippen LogP contribution in [0, 0.1) is 6.92 Å². The highest BCUT2D eigenvalue weighted by atomic mass is 35.5. The molecular weight excluding hydrogens is 312 g/mol. The topological polar surface area (TPSA) is 41.6 Å². The lowest BCUT2D eigenvalue weighted by Gasteiger charge is -2.34. The molecule has 2 aromatic rings. The maximum atomic E-state index is 12.8. The number of nitrogens with zero attached hydrogens (tertiary/aromatic N) is 1. The Balaban J connectivity index is 1.88. The van der Waals surface area contributed by atoms with Crippen LogP contribution in [0.4, 0.5) is 16.2 Å². The van der Waals surface area contributed by atoms with E-state index in [9.17, 15) is 4.79 Å². The highest BCUT2D eigenvalue weighted by Gasteiger charge is 2.28. The van der Waals surface area contributed by atoms with Crippen LogP contribution < -0.4 is 15.0 Å². The number of carbonyl (C=O) groups excluding carboxylic acids is 1. The molecule has 3 rings (SSSR count). The SMILES string of the molecule is CCC1CN(C(=O)Nc2cc(Cl)ccc2C)c2ccccc2O1. The van der Waals surface area contributed by atoms with E-state index < -0.39 is 0 Å². The molecule has 1 aliphatic rings. The van der Waals surface area contributed by atoms with Gasteiger partial charge in [0.1, 0.15) is 11.9 Å². The highest BCUT2D eigenvalue weighted by Crippen LogP contribution is 2.34. The van der Waals surface area contributed by atoms with Gasteiger partial charge in [-0.3, -0.25) is 4.90 Å². The van der Waals surface area contributed by atoms with E-state index in [0.29, 0.717) is 11.6 Å². The third kappa shape index (κ3) is 3.27. The van der Waals surface area contributed by atoms with Crippen molar-refractivity contribution in [3.8, 4) is 5.75 Å². The Morgan fingerprint density at radius 1 is 1.35 bits per heavy atom. The van der Waals surface area contributed by atoms with Crippen molar-refractivity contribution in [3.05, 3.63) is 53.1 Å². The Morgan fingerprint density at radius 3 is 2.91 bits per heavy atom. The summed E-state index contributed by atoms with van der Waals surface area (Å²) in [6.07, 6.45) is 0.838. The summed E-state index contributed by atoms with van der Waals surface area (Å²) in [5.74, 6) is 0.739. The number of urea groups is 1. The van der Waals surface area contributed by atoms with E-state index in [0.717, 1.165) is 29.1 Å². The molecule has 120 valence electrons. The Bertz CT molecular complexity index is 733. The number of aryl methyl sites for hydroxylation is 1. The zero-order valence-electron chi connectivity index (χ0n) is 13.2. The average Bonchev–Trinajstić information content (AvgIpc) is 2.57. The second-order valence-corrected chi connectivity index (χ2v) is 6.05. The van der Waals surface area contributed by atoms with Crippen LogP contribution in [0.15, 0.2) is 42.5 Å². The molecule has 2 aromatic carbocycles. The van der Waals surface area contributed by atoms with Crippen LogP contribution in [0.3, 0.4) is 0 Å². The summed E-state index contributed by atoms with van der Waals surface area (Å²) in [6.45, 7) is 4.52. The number of ether oxygens (including phenoxy) is 1. The maximum Gasteiger partial charge on any atom is 0.326 e. The van der Waals surface area contributed by atoms with E-state index in [1.165, 1.54) is 0 Å². The first-order valence-electron chi connectivity index (χ1n) is 7.69. The molecule has 0 aromatic heterocycles. The van der Waals surface area contributed by atoms with Gasteiger partial charge in [-0.05, 0) is 43.2 Å². The van der Waals surface area contributed by atoms with Gasteiger partial charge in [-0.25, -0.2) is 4.79 Å². The predicted molar refractivity (Wildman–Crippen MR) is 93.7 cm³/mol. The van der Waals surface area contributed by atoms with Crippen molar-refractivity contribution < 1.29 is 9.53 Å². The zero-order valence-corrected chi connectivity index (χ0v) is 13.9. The van der Waals surface area contributed by atoms with Gasteiger partial charge in [0.05, 0.1) is 12.2 Å². The third-order valence-corrected chi connectivity index (χ3v) is 4.21. The summed E-state index contributed by atoms with van der Waals surface area (Å²) in [5, 5.41) is 3.55. The number of hydrogen-bond acceptors (Lipinski definition) is 2. The third-order valence-electron chi connectivity index (χ3n) is 3.98. The number of rotatable bonds is 2. The predicted octanol–water partition coefficient (Wildman–Crippen LogP) is 4.86. The molecular formula is C18H19ClN2O2. The number of carbonyl (C=O) groups is 1. The van der Waals surface area contributed by atoms with Crippen molar-refractivity contribution in [1.82, 2.24) is 0 Å². The largest absolute Gasteiger partial charge is 0.486 e. The minimum atomic E-state index is -0.176. The molecule has 5 heteroatoms. The van der Waals surface area contributed by atoms with Crippen LogP contribution in [0.25, 0.3) is 0 Å². The second-order valence-electron chi connectivity index (χ2n) is 5.62. The molecule has 1 heterocycles. The fourth-order valence-corrected chi connectivity index (χ4v) is 2.79. The van der Waals surface area contributed by atoms with Gasteiger partial charge in [-0.15, -0.1) is 0 Å². The number of nitrogens with one attached hydrogen (secondary N) is 1. The molecule has 2 amide bonds. The second kappa shape index (κ2) is 6.50.